The van der Waals surface area contributed by atoms with E-state index in [4.69, 9.17) is 23.7 Å². The van der Waals surface area contributed by atoms with E-state index in [1.807, 2.05) is 12.2 Å². The van der Waals surface area contributed by atoms with E-state index in [2.05, 4.69) is 130 Å². The van der Waals surface area contributed by atoms with E-state index >= 15 is 0 Å². The molecule has 0 amide bonds. The van der Waals surface area contributed by atoms with Gasteiger partial charge in [-0.25, -0.2) is 4.79 Å². The Morgan fingerprint density at radius 1 is 0.420 bits per heavy atom. The lowest BCUT2D eigenvalue weighted by Crippen LogP contribution is -2.61. The van der Waals surface area contributed by atoms with Gasteiger partial charge in [-0.2, -0.15) is 0 Å². The normalized spacial score (nSPS) is 18.6. The molecular weight excluding hydrogens is 1020 g/mol. The van der Waals surface area contributed by atoms with Gasteiger partial charge in [0.1, 0.15) is 18.8 Å². The molecule has 0 bridgehead atoms. The topological polar surface area (TPSA) is 175 Å². The molecule has 1 fully saturated rings. The molecule has 6 atom stereocenters. The van der Waals surface area contributed by atoms with Crippen molar-refractivity contribution in [3.8, 4) is 0 Å². The van der Waals surface area contributed by atoms with Crippen LogP contribution in [0.4, 0.5) is 0 Å². The molecule has 0 spiro atoms. The number of rotatable bonds is 52. The summed E-state index contributed by atoms with van der Waals surface area (Å²) in [6.45, 7) is 5.67. The Bertz CT molecular complexity index is 1870. The number of allylic oxidation sites excluding steroid dienone is 20. The molecule has 1 rings (SSSR count). The quantitative estimate of drug-likeness (QED) is 0.0228. The highest BCUT2D eigenvalue weighted by Crippen LogP contribution is 2.26. The van der Waals surface area contributed by atoms with Crippen LogP contribution in [0.2, 0.25) is 0 Å². The van der Waals surface area contributed by atoms with E-state index in [0.29, 0.717) is 19.3 Å². The first kappa shape index (κ1) is 74.1. The first-order valence-corrected chi connectivity index (χ1v) is 31.5. The number of carboxylic acids is 1. The number of aliphatic carboxylic acids is 1. The molecule has 0 aromatic carbocycles. The van der Waals surface area contributed by atoms with Crippen molar-refractivity contribution in [1.82, 2.24) is 0 Å². The second-order valence-corrected chi connectivity index (χ2v) is 20.9. The molecule has 1 saturated heterocycles. The number of carbonyl (C=O) groups excluding carboxylic acids is 3. The molecule has 6 unspecified atom stereocenters. The van der Waals surface area contributed by atoms with Crippen molar-refractivity contribution < 1.29 is 58.2 Å². The van der Waals surface area contributed by atoms with Gasteiger partial charge in [0.05, 0.1) is 6.61 Å². The number of ether oxygens (including phenoxy) is 5. The van der Waals surface area contributed by atoms with Gasteiger partial charge < -0.3 is 39.0 Å². The van der Waals surface area contributed by atoms with Crippen molar-refractivity contribution in [2.75, 3.05) is 13.2 Å². The Kier molecular flexibility index (Phi) is 50.9. The van der Waals surface area contributed by atoms with E-state index in [1.54, 1.807) is 0 Å². The number of unbranched alkanes of at least 4 members (excludes halogenated alkanes) is 18. The Labute approximate surface area is 490 Å². The third-order valence-corrected chi connectivity index (χ3v) is 13.5. The number of carboxylic acid groups (broad SMARTS) is 1. The Balaban J connectivity index is 2.71. The fourth-order valence-corrected chi connectivity index (χ4v) is 8.76. The molecule has 1 aliphatic rings. The lowest BCUT2D eigenvalue weighted by Gasteiger charge is -2.40. The Morgan fingerprint density at radius 3 is 1.26 bits per heavy atom. The molecule has 3 N–H and O–H groups in total. The lowest BCUT2D eigenvalue weighted by molar-refractivity contribution is -0.301. The molecule has 1 aliphatic heterocycles. The van der Waals surface area contributed by atoms with Crippen molar-refractivity contribution in [3.05, 3.63) is 122 Å². The molecule has 0 aliphatic carbocycles. The summed E-state index contributed by atoms with van der Waals surface area (Å²) in [6.07, 6.45) is 64.7. The van der Waals surface area contributed by atoms with Crippen LogP contribution in [0.1, 0.15) is 239 Å². The fraction of sp³-hybridized carbons (Fsp3) is 0.652. The summed E-state index contributed by atoms with van der Waals surface area (Å²) in [4.78, 5) is 51.2. The van der Waals surface area contributed by atoms with Crippen LogP contribution in [-0.4, -0.2) is 89.2 Å². The van der Waals surface area contributed by atoms with Crippen LogP contribution in [-0.2, 0) is 42.9 Å². The van der Waals surface area contributed by atoms with Crippen LogP contribution in [0.5, 0.6) is 0 Å². The number of aliphatic hydroxyl groups excluding tert-OH is 2. The predicted octanol–water partition coefficient (Wildman–Crippen LogP) is 16.8. The van der Waals surface area contributed by atoms with Crippen molar-refractivity contribution >= 4 is 23.9 Å². The summed E-state index contributed by atoms with van der Waals surface area (Å²) in [7, 11) is 0. The van der Waals surface area contributed by atoms with Gasteiger partial charge >= 0.3 is 23.9 Å². The second-order valence-electron chi connectivity index (χ2n) is 20.9. The predicted molar refractivity (Wildman–Crippen MR) is 330 cm³/mol. The molecular formula is C69H110O12. The maximum absolute atomic E-state index is 13.1. The second kappa shape index (κ2) is 55.6. The van der Waals surface area contributed by atoms with E-state index in [0.717, 1.165) is 109 Å². The largest absolute Gasteiger partial charge is 0.479 e. The molecule has 458 valence electrons. The molecule has 1 heterocycles. The first-order valence-electron chi connectivity index (χ1n) is 31.5. The SMILES string of the molecule is CC/C=C\C/C=C\C/C=C\C/C=C\C/C=C\C/C=C\CCC(=O)OCC(COC1OC(C(=O)O)C(O)C(O)C1OC(=O)CCCCCCCCCCC/C=C\CCCCCCCC)OC(=O)CCCCC/C=C\C/C=C\C/C=C\CC. The van der Waals surface area contributed by atoms with Crippen LogP contribution in [0.3, 0.4) is 0 Å². The zero-order valence-corrected chi connectivity index (χ0v) is 50.5. The lowest BCUT2D eigenvalue weighted by atomic mass is 9.98. The van der Waals surface area contributed by atoms with Crippen LogP contribution in [0.15, 0.2) is 122 Å². The summed E-state index contributed by atoms with van der Waals surface area (Å²) in [5.41, 5.74) is 0. The third kappa shape index (κ3) is 45.3. The van der Waals surface area contributed by atoms with Crippen molar-refractivity contribution in [2.45, 2.75) is 276 Å². The number of carbonyl (C=O) groups is 4. The zero-order chi connectivity index (χ0) is 58.9. The molecule has 0 aromatic heterocycles. The number of esters is 3. The van der Waals surface area contributed by atoms with Crippen LogP contribution >= 0.6 is 0 Å². The van der Waals surface area contributed by atoms with Gasteiger partial charge in [0.2, 0.25) is 0 Å². The van der Waals surface area contributed by atoms with E-state index in [9.17, 15) is 34.5 Å². The molecule has 81 heavy (non-hydrogen) atoms. The van der Waals surface area contributed by atoms with E-state index < -0.39 is 67.3 Å². The van der Waals surface area contributed by atoms with Crippen LogP contribution in [0, 0.1) is 0 Å². The molecule has 12 heteroatoms. The Morgan fingerprint density at radius 2 is 0.802 bits per heavy atom. The highest BCUT2D eigenvalue weighted by atomic mass is 16.7. The standard InChI is InChI=1S/C69H110O12/c1-4-7-10-13-16-19-22-25-27-29-31-33-35-38-40-43-46-49-52-55-61(70)77-58-60(79-62(71)56-53-50-47-44-41-37-24-21-18-15-12-9-6-3)59-78-69-67(65(74)64(73)66(81-69)68(75)76)80-63(72)57-54-51-48-45-42-39-36-34-32-30-28-26-23-20-17-14-11-8-5-2/h7,9-10,12,16,18-19,21,25-28,31,33,37-38,40-41,46,49,60,64-67,69,73-74H,4-6,8,11,13-15,17,20,22-24,29-30,32,34-36,39,42-45,47-48,50-59H2,1-3H3,(H,75,76)/b10-7-,12-9-,19-16-,21-18-,27-25-,28-26-,33-31-,40-38-,41-37-,49-46-. The summed E-state index contributed by atoms with van der Waals surface area (Å²) < 4.78 is 28.4. The van der Waals surface area contributed by atoms with Gasteiger partial charge in [-0.15, -0.1) is 0 Å². The smallest absolute Gasteiger partial charge is 0.335 e. The number of hydrogen-bond acceptors (Lipinski definition) is 11. The third-order valence-electron chi connectivity index (χ3n) is 13.5. The highest BCUT2D eigenvalue weighted by Gasteiger charge is 2.50. The van der Waals surface area contributed by atoms with Crippen LogP contribution < -0.4 is 0 Å². The van der Waals surface area contributed by atoms with Crippen LogP contribution in [0.25, 0.3) is 0 Å². The highest BCUT2D eigenvalue weighted by molar-refractivity contribution is 5.74. The summed E-state index contributed by atoms with van der Waals surface area (Å²) in [6, 6.07) is 0. The molecule has 0 saturated carbocycles. The maximum Gasteiger partial charge on any atom is 0.335 e. The Hall–Kier alpha value is -4.88. The van der Waals surface area contributed by atoms with Crippen molar-refractivity contribution in [1.29, 1.82) is 0 Å². The number of aliphatic hydroxyl groups is 2. The van der Waals surface area contributed by atoms with Gasteiger partial charge in [0, 0.05) is 19.3 Å². The first-order chi connectivity index (χ1) is 39.6. The minimum absolute atomic E-state index is 0.0420. The monoisotopic (exact) mass is 1130 g/mol. The van der Waals surface area contributed by atoms with Crippen molar-refractivity contribution in [3.63, 3.8) is 0 Å². The summed E-state index contributed by atoms with van der Waals surface area (Å²) >= 11 is 0. The summed E-state index contributed by atoms with van der Waals surface area (Å²) in [5, 5.41) is 31.6. The van der Waals surface area contributed by atoms with E-state index in [-0.39, 0.29) is 25.9 Å². The van der Waals surface area contributed by atoms with Gasteiger partial charge in [-0.1, -0.05) is 226 Å². The molecule has 12 nitrogen and oxygen atoms in total. The van der Waals surface area contributed by atoms with Gasteiger partial charge in [-0.05, 0) is 116 Å². The summed E-state index contributed by atoms with van der Waals surface area (Å²) in [5.74, 6) is -3.29. The zero-order valence-electron chi connectivity index (χ0n) is 50.5. The molecule has 0 aromatic rings. The fourth-order valence-electron chi connectivity index (χ4n) is 8.76. The number of hydrogen-bond donors (Lipinski definition) is 3. The minimum Gasteiger partial charge on any atom is -0.479 e. The van der Waals surface area contributed by atoms with Gasteiger partial charge in [-0.3, -0.25) is 14.4 Å². The van der Waals surface area contributed by atoms with Gasteiger partial charge in [0.25, 0.3) is 0 Å². The minimum atomic E-state index is -1.92. The average Bonchev–Trinajstić information content (AvgIpc) is 3.45. The molecule has 0 radical (unpaired) electrons. The van der Waals surface area contributed by atoms with Gasteiger partial charge in [0.15, 0.2) is 24.6 Å². The maximum atomic E-state index is 13.1. The van der Waals surface area contributed by atoms with Crippen molar-refractivity contribution in [2.24, 2.45) is 0 Å². The van der Waals surface area contributed by atoms with E-state index in [1.165, 1.54) is 70.6 Å². The average molecular weight is 1130 g/mol.